The lowest BCUT2D eigenvalue weighted by atomic mass is 9.86. The van der Waals surface area contributed by atoms with Crippen LogP contribution in [0.15, 0.2) is 24.3 Å². The highest BCUT2D eigenvalue weighted by Gasteiger charge is 2.20. The average molecular weight is 219 g/mol. The minimum atomic E-state index is 0.549. The Kier molecular flexibility index (Phi) is 5.01. The third kappa shape index (κ3) is 3.08. The number of hydrogen-bond acceptors (Lipinski definition) is 1. The molecular formula is C15H25N. The lowest BCUT2D eigenvalue weighted by Gasteiger charge is -2.27. The smallest absolute Gasteiger partial charge is 0.0153 e. The molecule has 0 saturated carbocycles. The Balaban J connectivity index is 2.82. The van der Waals surface area contributed by atoms with Crippen LogP contribution in [-0.2, 0) is 6.42 Å². The molecule has 0 aromatic heterocycles. The lowest BCUT2D eigenvalue weighted by molar-refractivity contribution is 0.376. The molecule has 0 amide bonds. The summed E-state index contributed by atoms with van der Waals surface area (Å²) in [6.07, 6.45) is 1.12. The molecule has 1 aromatic carbocycles. The fourth-order valence-electron chi connectivity index (χ4n) is 2.42. The van der Waals surface area contributed by atoms with Crippen molar-refractivity contribution in [1.82, 2.24) is 5.32 Å². The zero-order chi connectivity index (χ0) is 12.1. The highest BCUT2D eigenvalue weighted by Crippen LogP contribution is 2.24. The van der Waals surface area contributed by atoms with Crippen LogP contribution >= 0.6 is 0 Å². The van der Waals surface area contributed by atoms with Gasteiger partial charge < -0.3 is 5.32 Å². The van der Waals surface area contributed by atoms with E-state index in [0.717, 1.165) is 6.42 Å². The molecule has 1 aromatic rings. The number of hydrogen-bond donors (Lipinski definition) is 1. The summed E-state index contributed by atoms with van der Waals surface area (Å²) in [5.41, 5.74) is 2.85. The Bertz CT molecular complexity index is 300. The predicted octanol–water partition coefficient (Wildman–Crippen LogP) is 3.60. The molecular weight excluding hydrogens is 194 g/mol. The highest BCUT2D eigenvalue weighted by atomic mass is 14.9. The number of benzene rings is 1. The quantitative estimate of drug-likeness (QED) is 0.798. The van der Waals surface area contributed by atoms with E-state index in [9.17, 15) is 0 Å². The van der Waals surface area contributed by atoms with Crippen LogP contribution in [0.2, 0.25) is 0 Å². The molecule has 1 N–H and O–H groups in total. The fraction of sp³-hybridized carbons (Fsp3) is 0.600. The van der Waals surface area contributed by atoms with Crippen LogP contribution in [0.4, 0.5) is 0 Å². The SMILES string of the molecule is CCc1ccc(C(C)C(NC)C(C)C)cc1. The molecule has 0 aliphatic rings. The van der Waals surface area contributed by atoms with Crippen molar-refractivity contribution in [2.24, 2.45) is 5.92 Å². The Morgan fingerprint density at radius 2 is 1.62 bits per heavy atom. The predicted molar refractivity (Wildman–Crippen MR) is 71.9 cm³/mol. The van der Waals surface area contributed by atoms with E-state index in [4.69, 9.17) is 0 Å². The number of aryl methyl sites for hydroxylation is 1. The first-order chi connectivity index (χ1) is 7.60. The summed E-state index contributed by atoms with van der Waals surface area (Å²) in [6.45, 7) is 9.06. The van der Waals surface area contributed by atoms with Gasteiger partial charge in [-0.1, -0.05) is 52.0 Å². The first kappa shape index (κ1) is 13.2. The Labute approximate surface area is 100 Å². The first-order valence-electron chi connectivity index (χ1n) is 6.36. The van der Waals surface area contributed by atoms with Gasteiger partial charge in [0.15, 0.2) is 0 Å². The first-order valence-corrected chi connectivity index (χ1v) is 6.36. The molecule has 0 radical (unpaired) electrons. The summed E-state index contributed by atoms with van der Waals surface area (Å²) in [4.78, 5) is 0. The number of nitrogens with one attached hydrogen (secondary N) is 1. The Hall–Kier alpha value is -0.820. The van der Waals surface area contributed by atoms with Crippen LogP contribution in [0, 0.1) is 5.92 Å². The van der Waals surface area contributed by atoms with Crippen LogP contribution in [-0.4, -0.2) is 13.1 Å². The third-order valence-electron chi connectivity index (χ3n) is 3.50. The van der Waals surface area contributed by atoms with Crippen LogP contribution in [0.25, 0.3) is 0 Å². The van der Waals surface area contributed by atoms with Gasteiger partial charge >= 0.3 is 0 Å². The molecule has 0 heterocycles. The maximum absolute atomic E-state index is 3.43. The third-order valence-corrected chi connectivity index (χ3v) is 3.50. The van der Waals surface area contributed by atoms with Crippen molar-refractivity contribution in [3.8, 4) is 0 Å². The van der Waals surface area contributed by atoms with Crippen molar-refractivity contribution in [2.75, 3.05) is 7.05 Å². The summed E-state index contributed by atoms with van der Waals surface area (Å²) in [5, 5.41) is 3.43. The van der Waals surface area contributed by atoms with E-state index in [0.29, 0.717) is 17.9 Å². The van der Waals surface area contributed by atoms with Gasteiger partial charge in [-0.15, -0.1) is 0 Å². The van der Waals surface area contributed by atoms with Gasteiger partial charge in [0.25, 0.3) is 0 Å². The molecule has 90 valence electrons. The highest BCUT2D eigenvalue weighted by molar-refractivity contribution is 5.26. The maximum Gasteiger partial charge on any atom is 0.0153 e. The van der Waals surface area contributed by atoms with E-state index in [1.54, 1.807) is 0 Å². The molecule has 1 nitrogen and oxygen atoms in total. The normalized spacial score (nSPS) is 15.1. The Morgan fingerprint density at radius 1 is 1.06 bits per heavy atom. The molecule has 2 unspecified atom stereocenters. The second-order valence-corrected chi connectivity index (χ2v) is 4.94. The van der Waals surface area contributed by atoms with E-state index >= 15 is 0 Å². The van der Waals surface area contributed by atoms with Crippen molar-refractivity contribution in [3.05, 3.63) is 35.4 Å². The monoisotopic (exact) mass is 219 g/mol. The molecule has 2 atom stereocenters. The molecule has 16 heavy (non-hydrogen) atoms. The standard InChI is InChI=1S/C15H25N/c1-6-13-7-9-14(10-8-13)12(4)15(16-5)11(2)3/h7-12,15-16H,6H2,1-5H3. The summed E-state index contributed by atoms with van der Waals surface area (Å²) < 4.78 is 0. The largest absolute Gasteiger partial charge is 0.316 e. The van der Waals surface area contributed by atoms with Gasteiger partial charge in [-0.2, -0.15) is 0 Å². The van der Waals surface area contributed by atoms with Gasteiger partial charge in [-0.3, -0.25) is 0 Å². The van der Waals surface area contributed by atoms with E-state index in [1.165, 1.54) is 11.1 Å². The molecule has 0 bridgehead atoms. The maximum atomic E-state index is 3.43. The van der Waals surface area contributed by atoms with E-state index in [1.807, 2.05) is 0 Å². The average Bonchev–Trinajstić information content (AvgIpc) is 2.29. The Morgan fingerprint density at radius 3 is 2.00 bits per heavy atom. The van der Waals surface area contributed by atoms with E-state index in [2.05, 4.69) is 64.3 Å². The van der Waals surface area contributed by atoms with Crippen molar-refractivity contribution in [2.45, 2.75) is 46.1 Å². The molecule has 0 aliphatic heterocycles. The van der Waals surface area contributed by atoms with Gasteiger partial charge in [0.2, 0.25) is 0 Å². The van der Waals surface area contributed by atoms with Gasteiger partial charge in [0.05, 0.1) is 0 Å². The topological polar surface area (TPSA) is 12.0 Å². The summed E-state index contributed by atoms with van der Waals surface area (Å²) >= 11 is 0. The summed E-state index contributed by atoms with van der Waals surface area (Å²) in [7, 11) is 2.06. The van der Waals surface area contributed by atoms with Gasteiger partial charge in [0, 0.05) is 6.04 Å². The van der Waals surface area contributed by atoms with Crippen molar-refractivity contribution >= 4 is 0 Å². The number of rotatable bonds is 5. The molecule has 0 aliphatic carbocycles. The fourth-order valence-corrected chi connectivity index (χ4v) is 2.42. The molecule has 0 saturated heterocycles. The van der Waals surface area contributed by atoms with Crippen molar-refractivity contribution < 1.29 is 0 Å². The molecule has 0 fully saturated rings. The second kappa shape index (κ2) is 6.05. The zero-order valence-corrected chi connectivity index (χ0v) is 11.2. The molecule has 1 heteroatoms. The van der Waals surface area contributed by atoms with Gasteiger partial charge in [-0.25, -0.2) is 0 Å². The summed E-state index contributed by atoms with van der Waals surface area (Å²) in [5.74, 6) is 1.22. The van der Waals surface area contributed by atoms with Gasteiger partial charge in [0.1, 0.15) is 0 Å². The van der Waals surface area contributed by atoms with Crippen LogP contribution in [0.1, 0.15) is 44.7 Å². The van der Waals surface area contributed by atoms with Crippen molar-refractivity contribution in [1.29, 1.82) is 0 Å². The van der Waals surface area contributed by atoms with Crippen molar-refractivity contribution in [3.63, 3.8) is 0 Å². The minimum Gasteiger partial charge on any atom is -0.316 e. The minimum absolute atomic E-state index is 0.549. The zero-order valence-electron chi connectivity index (χ0n) is 11.2. The van der Waals surface area contributed by atoms with Crippen LogP contribution < -0.4 is 5.32 Å². The van der Waals surface area contributed by atoms with E-state index in [-0.39, 0.29) is 0 Å². The molecule has 0 spiro atoms. The number of likely N-dealkylation sites (N-methyl/N-ethyl adjacent to an activating group) is 1. The van der Waals surface area contributed by atoms with Crippen LogP contribution in [0.3, 0.4) is 0 Å². The van der Waals surface area contributed by atoms with Gasteiger partial charge in [-0.05, 0) is 36.4 Å². The second-order valence-electron chi connectivity index (χ2n) is 4.94. The van der Waals surface area contributed by atoms with E-state index < -0.39 is 0 Å². The van der Waals surface area contributed by atoms with Crippen LogP contribution in [0.5, 0.6) is 0 Å². The summed E-state index contributed by atoms with van der Waals surface area (Å²) in [6, 6.07) is 9.59. The lowest BCUT2D eigenvalue weighted by Crippen LogP contribution is -2.35. The molecule has 1 rings (SSSR count).